The molecule has 19 heteroatoms. The van der Waals surface area contributed by atoms with Crippen LogP contribution in [0.3, 0.4) is 0 Å². The number of aliphatic hydroxyl groups excluding tert-OH is 10. The van der Waals surface area contributed by atoms with Gasteiger partial charge in [-0.15, -0.1) is 0 Å². The number of aliphatic hydroxyl groups is 10. The van der Waals surface area contributed by atoms with Crippen LogP contribution in [0.1, 0.15) is 6.42 Å². The second kappa shape index (κ2) is 16.7. The van der Waals surface area contributed by atoms with E-state index in [2.05, 4.69) is 10.6 Å². The topological polar surface area (TPSA) is 341 Å². The van der Waals surface area contributed by atoms with Crippen LogP contribution in [0.2, 0.25) is 0 Å². The second-order valence-electron chi connectivity index (χ2n) is 11.3. The number of nitrogens with two attached hydrogens (primary N) is 3. The quantitative estimate of drug-likeness (QED) is 0.0845. The predicted octanol–water partition coefficient (Wildman–Crippen LogP) is -9.36. The van der Waals surface area contributed by atoms with Crippen molar-refractivity contribution < 1.29 is 70.0 Å². The third-order valence-electron chi connectivity index (χ3n) is 8.11. The van der Waals surface area contributed by atoms with Gasteiger partial charge in [0.1, 0.15) is 54.9 Å². The van der Waals surface area contributed by atoms with Crippen molar-refractivity contribution in [2.24, 2.45) is 17.2 Å². The Labute approximate surface area is 248 Å². The molecule has 0 amide bonds. The Morgan fingerprint density at radius 2 is 1.35 bits per heavy atom. The summed E-state index contributed by atoms with van der Waals surface area (Å²) in [6, 6.07) is -5.20. The summed E-state index contributed by atoms with van der Waals surface area (Å²) >= 11 is 0. The lowest BCUT2D eigenvalue weighted by molar-refractivity contribution is -0.320. The molecule has 3 rings (SSSR count). The van der Waals surface area contributed by atoms with Gasteiger partial charge >= 0.3 is 0 Å². The highest BCUT2D eigenvalue weighted by Crippen LogP contribution is 2.32. The van der Waals surface area contributed by atoms with Crippen LogP contribution in [0.4, 0.5) is 0 Å². The highest BCUT2D eigenvalue weighted by Gasteiger charge is 2.52. The summed E-state index contributed by atoms with van der Waals surface area (Å²) < 4.78 is 23.2. The lowest BCUT2D eigenvalue weighted by Gasteiger charge is -2.49. The Morgan fingerprint density at radius 3 is 1.95 bits per heavy atom. The third-order valence-corrected chi connectivity index (χ3v) is 8.11. The lowest BCUT2D eigenvalue weighted by Crippen LogP contribution is -2.70. The molecular formula is C24H49N5O14. The summed E-state index contributed by atoms with van der Waals surface area (Å²) in [6.45, 7) is -2.21. The smallest absolute Gasteiger partial charge is 0.186 e. The van der Waals surface area contributed by atoms with Crippen molar-refractivity contribution in [2.45, 2.75) is 110 Å². The standard InChI is InChI=1S/C24H49N5O14/c25-10-1-11(29-8(4-30)5-31)22(43-24-19(38)14(26)16(35)13(7-33)41-24)20(39)21(10)42-23-15(27)18(37)17(36)12(40-23)3-28-2-9(34)6-32/h8-24,28-39H,1-7,25-27H2/t9?,10-,11+,12+,13+,14-,15+,16+,17+,18+,19+,20-,21?,22-,23+,24+/m0/s1. The molecule has 43 heavy (non-hydrogen) atoms. The highest BCUT2D eigenvalue weighted by atomic mass is 16.7. The molecular weight excluding hydrogens is 582 g/mol. The number of nitrogens with one attached hydrogen (secondary N) is 2. The van der Waals surface area contributed by atoms with Crippen molar-refractivity contribution in [1.29, 1.82) is 0 Å². The zero-order chi connectivity index (χ0) is 32.0. The van der Waals surface area contributed by atoms with Gasteiger partial charge in [0.05, 0.1) is 50.7 Å². The maximum Gasteiger partial charge on any atom is 0.186 e. The van der Waals surface area contributed by atoms with Gasteiger partial charge in [-0.05, 0) is 6.42 Å². The van der Waals surface area contributed by atoms with Crippen LogP contribution in [0.15, 0.2) is 0 Å². The van der Waals surface area contributed by atoms with Gasteiger partial charge in [0.25, 0.3) is 0 Å². The van der Waals surface area contributed by atoms with E-state index in [4.69, 9.17) is 41.3 Å². The summed E-state index contributed by atoms with van der Waals surface area (Å²) in [5, 5.41) is 106. The Kier molecular flexibility index (Phi) is 14.3. The van der Waals surface area contributed by atoms with Crippen LogP contribution in [-0.2, 0) is 18.9 Å². The minimum atomic E-state index is -1.61. The Hall–Kier alpha value is -0.760. The normalized spacial score (nSPS) is 44.9. The van der Waals surface area contributed by atoms with E-state index in [0.29, 0.717) is 0 Å². The third kappa shape index (κ3) is 8.74. The molecule has 16 atom stereocenters. The maximum absolute atomic E-state index is 11.5. The summed E-state index contributed by atoms with van der Waals surface area (Å²) in [7, 11) is 0. The number of hydrogen-bond donors (Lipinski definition) is 15. The first-order valence-corrected chi connectivity index (χ1v) is 14.3. The second-order valence-corrected chi connectivity index (χ2v) is 11.3. The number of hydrogen-bond acceptors (Lipinski definition) is 19. The number of rotatable bonds is 14. The molecule has 3 fully saturated rings. The molecule has 2 unspecified atom stereocenters. The minimum Gasteiger partial charge on any atom is -0.395 e. The maximum atomic E-state index is 11.5. The van der Waals surface area contributed by atoms with E-state index < -0.39 is 130 Å². The summed E-state index contributed by atoms with van der Waals surface area (Å²) in [4.78, 5) is 0. The largest absolute Gasteiger partial charge is 0.395 e. The van der Waals surface area contributed by atoms with Crippen molar-refractivity contribution in [3.8, 4) is 0 Å². The van der Waals surface area contributed by atoms with Gasteiger partial charge in [0.15, 0.2) is 12.6 Å². The highest BCUT2D eigenvalue weighted by molar-refractivity contribution is 5.03. The van der Waals surface area contributed by atoms with E-state index in [1.807, 2.05) is 0 Å². The fourth-order valence-corrected chi connectivity index (χ4v) is 5.46. The molecule has 0 aromatic carbocycles. The average molecular weight is 632 g/mol. The van der Waals surface area contributed by atoms with Crippen LogP contribution in [0.5, 0.6) is 0 Å². The SMILES string of the molecule is N[C@@H]1[C@@H](O)[C@@H](O[C@H]2[C@H](NC(CO)CO)C[C@H](N)C(O[C@H]3O[C@H](CNCC(O)CO)[C@@H](O)[C@H](O)[C@H]3N)[C@@H]2O)O[C@H](CO)[C@H]1O. The van der Waals surface area contributed by atoms with Crippen LogP contribution >= 0.6 is 0 Å². The van der Waals surface area contributed by atoms with Crippen LogP contribution < -0.4 is 27.8 Å². The molecule has 18 N–H and O–H groups in total. The van der Waals surface area contributed by atoms with Crippen molar-refractivity contribution in [2.75, 3.05) is 39.5 Å². The Morgan fingerprint density at radius 1 is 0.721 bits per heavy atom. The molecule has 19 nitrogen and oxygen atoms in total. The molecule has 0 aromatic heterocycles. The number of ether oxygens (including phenoxy) is 4. The van der Waals surface area contributed by atoms with E-state index in [1.165, 1.54) is 0 Å². The van der Waals surface area contributed by atoms with E-state index in [0.717, 1.165) is 0 Å². The first kappa shape index (κ1) is 36.7. The lowest BCUT2D eigenvalue weighted by atomic mass is 9.83. The van der Waals surface area contributed by atoms with Gasteiger partial charge in [-0.1, -0.05) is 0 Å². The van der Waals surface area contributed by atoms with Gasteiger partial charge in [-0.2, -0.15) is 0 Å². The molecule has 2 heterocycles. The molecule has 0 aromatic rings. The molecule has 0 radical (unpaired) electrons. The Bertz CT molecular complexity index is 820. The van der Waals surface area contributed by atoms with Crippen molar-refractivity contribution in [1.82, 2.24) is 10.6 Å². The van der Waals surface area contributed by atoms with Crippen molar-refractivity contribution >= 4 is 0 Å². The van der Waals surface area contributed by atoms with E-state index >= 15 is 0 Å². The summed E-state index contributed by atoms with van der Waals surface area (Å²) in [5.74, 6) is 0. The molecule has 3 aliphatic rings. The molecule has 0 bridgehead atoms. The van der Waals surface area contributed by atoms with Gasteiger partial charge in [-0.25, -0.2) is 0 Å². The first-order valence-electron chi connectivity index (χ1n) is 14.3. The Balaban J connectivity index is 1.80. The zero-order valence-corrected chi connectivity index (χ0v) is 23.6. The van der Waals surface area contributed by atoms with Gasteiger partial charge in [0, 0.05) is 25.2 Å². The van der Waals surface area contributed by atoms with Gasteiger partial charge < -0.3 is 97.8 Å². The van der Waals surface area contributed by atoms with Crippen LogP contribution in [-0.4, -0.2) is 194 Å². The fourth-order valence-electron chi connectivity index (χ4n) is 5.46. The van der Waals surface area contributed by atoms with Gasteiger partial charge in [-0.3, -0.25) is 0 Å². The predicted molar refractivity (Wildman–Crippen MR) is 144 cm³/mol. The summed E-state index contributed by atoms with van der Waals surface area (Å²) in [6.07, 6.45) is -16.4. The van der Waals surface area contributed by atoms with E-state index in [9.17, 15) is 46.0 Å². The fraction of sp³-hybridized carbons (Fsp3) is 1.00. The van der Waals surface area contributed by atoms with Crippen LogP contribution in [0.25, 0.3) is 0 Å². The van der Waals surface area contributed by atoms with Gasteiger partial charge in [0.2, 0.25) is 0 Å². The van der Waals surface area contributed by atoms with Crippen molar-refractivity contribution in [3.63, 3.8) is 0 Å². The molecule has 1 aliphatic carbocycles. The first-order chi connectivity index (χ1) is 20.4. The molecule has 1 saturated carbocycles. The molecule has 2 aliphatic heterocycles. The molecule has 2 saturated heterocycles. The monoisotopic (exact) mass is 631 g/mol. The van der Waals surface area contributed by atoms with E-state index in [-0.39, 0.29) is 19.5 Å². The van der Waals surface area contributed by atoms with Crippen molar-refractivity contribution in [3.05, 3.63) is 0 Å². The van der Waals surface area contributed by atoms with E-state index in [1.54, 1.807) is 0 Å². The summed E-state index contributed by atoms with van der Waals surface area (Å²) in [5.41, 5.74) is 18.3. The zero-order valence-electron chi connectivity index (χ0n) is 23.6. The average Bonchev–Trinajstić information content (AvgIpc) is 3.00. The molecule has 254 valence electrons. The molecule has 0 spiro atoms. The van der Waals surface area contributed by atoms with Crippen LogP contribution in [0, 0.1) is 0 Å². The minimum absolute atomic E-state index is 0.0149.